The standard InChI is InChI=1S/C45H52ClF2N11O4/c1-24-20-58(21-25(2)59(24)22-26-14-16-57(17-15-26)34-7-5-6-29-36(54-56(4)38(29)34)30-11-13-35(60)51-42(30)61)44-49-19-32(46)41(53-44)50-28-10-12-33-31(18-28)37-39(43(62)55(33)3)63-23-45(47,48)40(52-37)27-8-9-27/h5-7,10,12,18-19,24-27,30,40,52H,8-9,11,13-17,20-23H2,1-4H3,(H,49,50,53)(H,51,60,61)/t24-,25+,30?,40?. The molecule has 3 aromatic heterocycles. The summed E-state index contributed by atoms with van der Waals surface area (Å²) in [4.78, 5) is 54.6. The fraction of sp³-hybridized carbons (Fsp3) is 0.511. The van der Waals surface area contributed by atoms with Gasteiger partial charge in [-0.25, -0.2) is 13.8 Å². The van der Waals surface area contributed by atoms with Gasteiger partial charge in [0.25, 0.3) is 5.56 Å². The second-order valence-corrected chi connectivity index (χ2v) is 18.6. The highest BCUT2D eigenvalue weighted by molar-refractivity contribution is 6.33. The Hall–Kier alpha value is -5.55. The summed E-state index contributed by atoms with van der Waals surface area (Å²) in [6.07, 6.45) is 5.87. The van der Waals surface area contributed by atoms with Crippen molar-refractivity contribution in [2.24, 2.45) is 25.9 Å². The van der Waals surface area contributed by atoms with E-state index in [4.69, 9.17) is 26.4 Å². The van der Waals surface area contributed by atoms with Crippen LogP contribution in [0.5, 0.6) is 5.75 Å². The summed E-state index contributed by atoms with van der Waals surface area (Å²) in [6.45, 7) is 7.93. The molecule has 63 heavy (non-hydrogen) atoms. The van der Waals surface area contributed by atoms with Crippen LogP contribution >= 0.6 is 11.6 Å². The first-order valence-electron chi connectivity index (χ1n) is 22.0. The second-order valence-electron chi connectivity index (χ2n) is 18.2. The van der Waals surface area contributed by atoms with E-state index in [-0.39, 0.29) is 41.3 Å². The highest BCUT2D eigenvalue weighted by atomic mass is 35.5. The number of nitrogens with one attached hydrogen (secondary N) is 3. The van der Waals surface area contributed by atoms with Crippen molar-refractivity contribution >= 4 is 74.0 Å². The van der Waals surface area contributed by atoms with Crippen molar-refractivity contribution in [1.29, 1.82) is 0 Å². The normalized spacial score (nSPS) is 24.5. The average Bonchev–Trinajstić information content (AvgIpc) is 4.06. The highest BCUT2D eigenvalue weighted by Gasteiger charge is 2.51. The van der Waals surface area contributed by atoms with Gasteiger partial charge >= 0.3 is 5.92 Å². The maximum atomic E-state index is 15.2. The molecule has 3 saturated heterocycles. The lowest BCUT2D eigenvalue weighted by molar-refractivity contribution is -0.134. The van der Waals surface area contributed by atoms with Gasteiger partial charge in [-0.15, -0.1) is 0 Å². The number of anilines is 5. The molecule has 0 bridgehead atoms. The van der Waals surface area contributed by atoms with Crippen molar-refractivity contribution in [2.75, 3.05) is 59.8 Å². The van der Waals surface area contributed by atoms with Crippen LogP contribution in [0.2, 0.25) is 5.02 Å². The number of hydrogen-bond acceptors (Lipinski definition) is 12. The van der Waals surface area contributed by atoms with Crippen LogP contribution in [-0.2, 0) is 23.7 Å². The Labute approximate surface area is 368 Å². The number of rotatable bonds is 8. The molecule has 0 spiro atoms. The van der Waals surface area contributed by atoms with Crippen LogP contribution in [0.25, 0.3) is 21.8 Å². The third kappa shape index (κ3) is 7.59. The number of aromatic nitrogens is 5. The van der Waals surface area contributed by atoms with Gasteiger partial charge < -0.3 is 29.7 Å². The number of aryl methyl sites for hydroxylation is 2. The van der Waals surface area contributed by atoms with Crippen molar-refractivity contribution in [1.82, 2.24) is 34.5 Å². The van der Waals surface area contributed by atoms with Gasteiger partial charge in [0, 0.05) is 81.8 Å². The Morgan fingerprint density at radius 1 is 0.968 bits per heavy atom. The first kappa shape index (κ1) is 41.5. The van der Waals surface area contributed by atoms with Gasteiger partial charge in [0.15, 0.2) is 12.4 Å². The molecule has 3 N–H and O–H groups in total. The largest absolute Gasteiger partial charge is 0.480 e. The third-order valence-electron chi connectivity index (χ3n) is 13.9. The Morgan fingerprint density at radius 3 is 2.46 bits per heavy atom. The summed E-state index contributed by atoms with van der Waals surface area (Å²) in [6, 6.07) is 10.9. The van der Waals surface area contributed by atoms with Gasteiger partial charge in [-0.3, -0.25) is 29.3 Å². The van der Waals surface area contributed by atoms with Gasteiger partial charge in [-0.2, -0.15) is 10.1 Å². The highest BCUT2D eigenvalue weighted by Crippen LogP contribution is 2.46. The van der Waals surface area contributed by atoms with Gasteiger partial charge in [0.2, 0.25) is 23.5 Å². The molecule has 0 radical (unpaired) electrons. The number of pyridine rings is 1. The number of ether oxygens (including phenoxy) is 1. The summed E-state index contributed by atoms with van der Waals surface area (Å²) < 4.78 is 39.3. The number of alkyl halides is 2. The zero-order chi connectivity index (χ0) is 43.9. The van der Waals surface area contributed by atoms with E-state index in [0.717, 1.165) is 67.8 Å². The zero-order valence-corrected chi connectivity index (χ0v) is 36.6. The molecule has 15 nitrogen and oxygen atoms in total. The predicted octanol–water partition coefficient (Wildman–Crippen LogP) is 6.17. The molecule has 18 heteroatoms. The van der Waals surface area contributed by atoms with E-state index in [2.05, 4.69) is 55.5 Å². The number of amides is 2. The molecule has 5 aromatic rings. The Kier molecular flexibility index (Phi) is 10.5. The van der Waals surface area contributed by atoms with Crippen LogP contribution in [0, 0.1) is 11.8 Å². The Bertz CT molecular complexity index is 2690. The lowest BCUT2D eigenvalue weighted by Gasteiger charge is -2.46. The molecule has 4 fully saturated rings. The van der Waals surface area contributed by atoms with Crippen LogP contribution in [0.1, 0.15) is 64.0 Å². The number of piperidine rings is 2. The van der Waals surface area contributed by atoms with Gasteiger partial charge in [0.1, 0.15) is 5.02 Å². The second kappa shape index (κ2) is 15.9. The van der Waals surface area contributed by atoms with Crippen molar-refractivity contribution in [2.45, 2.75) is 82.3 Å². The summed E-state index contributed by atoms with van der Waals surface area (Å²) in [7, 11) is 3.54. The van der Waals surface area contributed by atoms with Crippen LogP contribution in [0.4, 0.5) is 37.6 Å². The molecular formula is C45H52ClF2N11O4. The topological polar surface area (TPSA) is 155 Å². The average molecular weight is 884 g/mol. The van der Waals surface area contributed by atoms with Crippen LogP contribution < -0.4 is 36.0 Å². The lowest BCUT2D eigenvalue weighted by Crippen LogP contribution is -2.58. The maximum absolute atomic E-state index is 15.2. The molecular weight excluding hydrogens is 832 g/mol. The number of fused-ring (bicyclic) bond motifs is 4. The zero-order valence-electron chi connectivity index (χ0n) is 35.8. The number of nitrogens with zero attached hydrogens (tertiary/aromatic N) is 8. The SMILES string of the molecule is C[C@@H]1CN(c2ncc(Cl)c(Nc3ccc4c(c3)c3c(c(=O)n4C)OCC(F)(F)C(C4CC4)N3)n2)C[C@H](C)N1CC1CCN(c2cccc3c(C4CCC(=O)NC4=O)nn(C)c23)CC1. The molecule has 5 aliphatic rings. The monoisotopic (exact) mass is 883 g/mol. The Balaban J connectivity index is 0.805. The fourth-order valence-electron chi connectivity index (χ4n) is 10.4. The van der Waals surface area contributed by atoms with E-state index in [1.807, 2.05) is 36.0 Å². The number of para-hydroxylation sites is 1. The third-order valence-corrected chi connectivity index (χ3v) is 14.1. The van der Waals surface area contributed by atoms with Crippen molar-refractivity contribution in [3.05, 3.63) is 63.7 Å². The van der Waals surface area contributed by atoms with Gasteiger partial charge in [-0.05, 0) is 82.1 Å². The van der Waals surface area contributed by atoms with Crippen LogP contribution in [-0.4, -0.2) is 104 Å². The smallest absolute Gasteiger partial charge is 0.301 e. The summed E-state index contributed by atoms with van der Waals surface area (Å²) in [5.74, 6) is -2.88. The van der Waals surface area contributed by atoms with E-state index in [1.54, 1.807) is 19.3 Å². The number of piperazine rings is 1. The van der Waals surface area contributed by atoms with E-state index < -0.39 is 30.0 Å². The number of carbonyl (C=O) groups excluding carboxylic acids is 2. The van der Waals surface area contributed by atoms with E-state index >= 15 is 8.78 Å². The van der Waals surface area contributed by atoms with E-state index in [0.29, 0.717) is 65.0 Å². The minimum atomic E-state index is -3.14. The quantitative estimate of drug-likeness (QED) is 0.153. The maximum Gasteiger partial charge on any atom is 0.301 e. The number of imide groups is 1. The molecule has 2 aromatic carbocycles. The lowest BCUT2D eigenvalue weighted by atomic mass is 9.92. The molecule has 2 amide bonds. The van der Waals surface area contributed by atoms with Gasteiger partial charge in [-0.1, -0.05) is 23.7 Å². The minimum Gasteiger partial charge on any atom is -0.480 e. The van der Waals surface area contributed by atoms with Crippen LogP contribution in [0.15, 0.2) is 47.4 Å². The predicted molar refractivity (Wildman–Crippen MR) is 239 cm³/mol. The minimum absolute atomic E-state index is 0.109. The molecule has 1 aliphatic carbocycles. The van der Waals surface area contributed by atoms with E-state index in [9.17, 15) is 14.4 Å². The number of halogens is 3. The summed E-state index contributed by atoms with van der Waals surface area (Å²) >= 11 is 6.69. The molecule has 4 atom stereocenters. The fourth-order valence-corrected chi connectivity index (χ4v) is 10.5. The Morgan fingerprint density at radius 2 is 1.73 bits per heavy atom. The number of benzene rings is 2. The molecule has 7 heterocycles. The molecule has 332 valence electrons. The molecule has 1 saturated carbocycles. The first-order chi connectivity index (χ1) is 30.2. The molecule has 10 rings (SSSR count). The number of carbonyl (C=O) groups is 2. The van der Waals surface area contributed by atoms with Crippen molar-refractivity contribution in [3.63, 3.8) is 0 Å². The van der Waals surface area contributed by atoms with Crippen LogP contribution in [0.3, 0.4) is 0 Å². The molecule has 2 unspecified atom stereocenters. The van der Waals surface area contributed by atoms with Crippen molar-refractivity contribution < 1.29 is 23.1 Å². The first-order valence-corrected chi connectivity index (χ1v) is 22.4. The van der Waals surface area contributed by atoms with Crippen molar-refractivity contribution in [3.8, 4) is 5.75 Å². The molecule has 4 aliphatic heterocycles. The summed E-state index contributed by atoms with van der Waals surface area (Å²) in [5.41, 5.74) is 3.85. The number of hydrogen-bond donors (Lipinski definition) is 3. The summed E-state index contributed by atoms with van der Waals surface area (Å²) in [5, 5.41) is 15.5. The van der Waals surface area contributed by atoms with E-state index in [1.165, 1.54) is 4.57 Å². The van der Waals surface area contributed by atoms with Gasteiger partial charge in [0.05, 0.1) is 46.3 Å².